The number of thioether (sulfide) groups is 1. The van der Waals surface area contributed by atoms with Crippen LogP contribution in [0.1, 0.15) is 12.5 Å². The second-order valence-electron chi connectivity index (χ2n) is 5.82. The van der Waals surface area contributed by atoms with Crippen LogP contribution >= 0.6 is 23.4 Å². The van der Waals surface area contributed by atoms with E-state index in [4.69, 9.17) is 16.3 Å². The first-order valence-corrected chi connectivity index (χ1v) is 9.60. The third-order valence-electron chi connectivity index (χ3n) is 3.86. The first kappa shape index (κ1) is 20.6. The summed E-state index contributed by atoms with van der Waals surface area (Å²) in [5, 5.41) is 40.4. The number of aliphatic hydroxyl groups excluding tert-OH is 1. The minimum absolute atomic E-state index is 0.108. The maximum Gasteiger partial charge on any atom is 0.344 e. The molecular weight excluding hydrogens is 418 g/mol. The van der Waals surface area contributed by atoms with E-state index in [9.17, 15) is 25.2 Å². The summed E-state index contributed by atoms with van der Waals surface area (Å²) in [4.78, 5) is 17.0. The molecule has 0 unspecified atom stereocenters. The molecule has 0 aromatic heterocycles. The Morgan fingerprint density at radius 2 is 1.93 bits per heavy atom. The van der Waals surface area contributed by atoms with Crippen molar-refractivity contribution in [3.8, 4) is 17.2 Å². The number of benzene rings is 2. The molecule has 0 atom stereocenters. The average molecular weight is 434 g/mol. The van der Waals surface area contributed by atoms with Crippen molar-refractivity contribution in [1.29, 1.82) is 0 Å². The number of aliphatic imine (C=N–C) groups is 1. The number of carbonyl (C=O) groups excluding carboxylic acids is 1. The molecule has 1 heterocycles. The zero-order chi connectivity index (χ0) is 21.1. The minimum atomic E-state index is -0.751. The van der Waals surface area contributed by atoms with Gasteiger partial charge in [-0.3, -0.25) is 0 Å². The highest BCUT2D eigenvalue weighted by Gasteiger charge is 2.33. The van der Waals surface area contributed by atoms with Crippen LogP contribution in [0.5, 0.6) is 17.2 Å². The molecule has 1 aliphatic rings. The lowest BCUT2D eigenvalue weighted by atomic mass is 10.1. The number of ether oxygens (including phenoxy) is 1. The third-order valence-corrected chi connectivity index (χ3v) is 5.11. The highest BCUT2D eigenvalue weighted by atomic mass is 35.5. The molecule has 0 fully saturated rings. The Morgan fingerprint density at radius 3 is 2.62 bits per heavy atom. The van der Waals surface area contributed by atoms with Crippen molar-refractivity contribution in [2.24, 2.45) is 4.99 Å². The summed E-state index contributed by atoms with van der Waals surface area (Å²) in [6.45, 7) is 1.75. The SMILES string of the molecule is CCOC(=O)C1=C(O)/C(=C\c2ccc(O)c(O)c2O)SC1=Nc1cccc(Cl)c1. The van der Waals surface area contributed by atoms with E-state index in [0.29, 0.717) is 10.7 Å². The maximum absolute atomic E-state index is 12.4. The molecule has 0 saturated heterocycles. The molecule has 9 heteroatoms. The fourth-order valence-corrected chi connectivity index (χ4v) is 3.71. The number of hydrogen-bond acceptors (Lipinski definition) is 8. The number of phenols is 3. The summed E-state index contributed by atoms with van der Waals surface area (Å²) in [6.07, 6.45) is 1.36. The van der Waals surface area contributed by atoms with Gasteiger partial charge in [0.15, 0.2) is 11.5 Å². The van der Waals surface area contributed by atoms with Crippen LogP contribution in [0.3, 0.4) is 0 Å². The molecule has 0 saturated carbocycles. The van der Waals surface area contributed by atoms with Crippen molar-refractivity contribution >= 4 is 46.1 Å². The van der Waals surface area contributed by atoms with E-state index in [-0.39, 0.29) is 33.5 Å². The van der Waals surface area contributed by atoms with E-state index in [1.807, 2.05) is 0 Å². The Morgan fingerprint density at radius 1 is 1.17 bits per heavy atom. The molecule has 0 aliphatic carbocycles. The van der Waals surface area contributed by atoms with Crippen molar-refractivity contribution in [1.82, 2.24) is 0 Å². The van der Waals surface area contributed by atoms with Crippen LogP contribution in [0.4, 0.5) is 5.69 Å². The zero-order valence-electron chi connectivity index (χ0n) is 15.1. The molecule has 0 spiro atoms. The van der Waals surface area contributed by atoms with Gasteiger partial charge < -0.3 is 25.2 Å². The molecule has 29 heavy (non-hydrogen) atoms. The van der Waals surface area contributed by atoms with E-state index in [0.717, 1.165) is 11.8 Å². The van der Waals surface area contributed by atoms with Crippen molar-refractivity contribution in [3.63, 3.8) is 0 Å². The van der Waals surface area contributed by atoms with Crippen LogP contribution in [0.2, 0.25) is 5.02 Å². The van der Waals surface area contributed by atoms with E-state index in [1.165, 1.54) is 18.2 Å². The van der Waals surface area contributed by atoms with Gasteiger partial charge in [-0.25, -0.2) is 9.79 Å². The normalized spacial score (nSPS) is 16.6. The second kappa shape index (κ2) is 8.50. The zero-order valence-corrected chi connectivity index (χ0v) is 16.7. The predicted molar refractivity (Wildman–Crippen MR) is 112 cm³/mol. The maximum atomic E-state index is 12.4. The highest BCUT2D eigenvalue weighted by molar-refractivity contribution is 8.18. The molecule has 150 valence electrons. The summed E-state index contributed by atoms with van der Waals surface area (Å²) in [5.74, 6) is -2.87. The van der Waals surface area contributed by atoms with Crippen molar-refractivity contribution < 1.29 is 30.0 Å². The van der Waals surface area contributed by atoms with E-state index < -0.39 is 23.2 Å². The lowest BCUT2D eigenvalue weighted by Crippen LogP contribution is -2.12. The Labute approximate surface area is 175 Å². The van der Waals surface area contributed by atoms with Gasteiger partial charge in [-0.2, -0.15) is 0 Å². The van der Waals surface area contributed by atoms with Crippen LogP contribution in [0.15, 0.2) is 57.6 Å². The van der Waals surface area contributed by atoms with Gasteiger partial charge in [-0.15, -0.1) is 0 Å². The van der Waals surface area contributed by atoms with Gasteiger partial charge in [0.25, 0.3) is 0 Å². The largest absolute Gasteiger partial charge is 0.506 e. The Kier molecular flexibility index (Phi) is 6.05. The van der Waals surface area contributed by atoms with Gasteiger partial charge in [0.1, 0.15) is 16.4 Å². The minimum Gasteiger partial charge on any atom is -0.506 e. The van der Waals surface area contributed by atoms with E-state index >= 15 is 0 Å². The summed E-state index contributed by atoms with van der Waals surface area (Å²) in [7, 11) is 0. The number of aromatic hydroxyl groups is 3. The van der Waals surface area contributed by atoms with Crippen molar-refractivity contribution in [3.05, 3.63) is 63.2 Å². The molecule has 0 bridgehead atoms. The standard InChI is InChI=1S/C20H16ClNO6S/c1-2-28-20(27)15-18(26)14(8-10-6-7-13(23)17(25)16(10)24)29-19(15)22-12-5-3-4-11(21)9-12/h3-9,23-26H,2H2,1H3/b14-8+,22-19?. The monoisotopic (exact) mass is 433 g/mol. The number of hydrogen-bond donors (Lipinski definition) is 4. The molecule has 0 amide bonds. The predicted octanol–water partition coefficient (Wildman–Crippen LogP) is 4.65. The molecule has 2 aromatic rings. The Bertz CT molecular complexity index is 1080. The molecule has 3 rings (SSSR count). The topological polar surface area (TPSA) is 120 Å². The lowest BCUT2D eigenvalue weighted by molar-refractivity contribution is -0.138. The summed E-state index contributed by atoms with van der Waals surface area (Å²) in [5.41, 5.74) is 0.480. The molecule has 2 aromatic carbocycles. The first-order valence-electron chi connectivity index (χ1n) is 8.40. The van der Waals surface area contributed by atoms with E-state index in [2.05, 4.69) is 4.99 Å². The fourth-order valence-electron chi connectivity index (χ4n) is 2.50. The second-order valence-corrected chi connectivity index (χ2v) is 7.29. The van der Waals surface area contributed by atoms with E-state index in [1.54, 1.807) is 31.2 Å². The molecule has 7 nitrogen and oxygen atoms in total. The molecule has 1 aliphatic heterocycles. The first-order chi connectivity index (χ1) is 13.8. The van der Waals surface area contributed by atoms with Crippen molar-refractivity contribution in [2.75, 3.05) is 6.61 Å². The average Bonchev–Trinajstić information content (AvgIpc) is 2.97. The highest BCUT2D eigenvalue weighted by Crippen LogP contribution is 2.43. The molecular formula is C20H16ClNO6S. The Balaban J connectivity index is 2.09. The number of halogens is 1. The van der Waals surface area contributed by atoms with Crippen LogP contribution in [0.25, 0.3) is 6.08 Å². The molecule has 0 radical (unpaired) electrons. The fraction of sp³-hybridized carbons (Fsp3) is 0.100. The van der Waals surface area contributed by atoms with Gasteiger partial charge in [-0.1, -0.05) is 29.4 Å². The van der Waals surface area contributed by atoms with Crippen LogP contribution < -0.4 is 0 Å². The van der Waals surface area contributed by atoms with Crippen LogP contribution in [0, 0.1) is 0 Å². The van der Waals surface area contributed by atoms with Crippen LogP contribution in [-0.2, 0) is 9.53 Å². The quantitative estimate of drug-likeness (QED) is 0.409. The number of carbonyl (C=O) groups is 1. The van der Waals surface area contributed by atoms with Crippen molar-refractivity contribution in [2.45, 2.75) is 6.92 Å². The number of phenolic OH excluding ortho intramolecular Hbond substituents is 3. The lowest BCUT2D eigenvalue weighted by Gasteiger charge is -2.05. The number of esters is 1. The van der Waals surface area contributed by atoms with Gasteiger partial charge in [0.05, 0.1) is 17.2 Å². The number of nitrogens with zero attached hydrogens (tertiary/aromatic N) is 1. The smallest absolute Gasteiger partial charge is 0.344 e. The van der Waals surface area contributed by atoms with Gasteiger partial charge >= 0.3 is 5.97 Å². The third kappa shape index (κ3) is 4.33. The Hall–Kier alpha value is -3.10. The van der Waals surface area contributed by atoms with Gasteiger partial charge in [0, 0.05) is 10.6 Å². The van der Waals surface area contributed by atoms with Gasteiger partial charge in [0.2, 0.25) is 5.75 Å². The molecule has 4 N–H and O–H groups in total. The number of aliphatic hydroxyl groups is 1. The number of rotatable bonds is 4. The summed E-state index contributed by atoms with van der Waals surface area (Å²) < 4.78 is 5.02. The summed E-state index contributed by atoms with van der Waals surface area (Å²) >= 11 is 6.96. The summed E-state index contributed by atoms with van der Waals surface area (Å²) in [6, 6.07) is 9.20. The van der Waals surface area contributed by atoms with Crippen LogP contribution in [-0.4, -0.2) is 38.0 Å². The van der Waals surface area contributed by atoms with Gasteiger partial charge in [-0.05, 0) is 43.3 Å².